The lowest BCUT2D eigenvalue weighted by molar-refractivity contribution is -0.119. The van der Waals surface area contributed by atoms with Gasteiger partial charge in [0.25, 0.3) is 0 Å². The van der Waals surface area contributed by atoms with Crippen LogP contribution in [0.15, 0.2) is 71.6 Å². The third-order valence-corrected chi connectivity index (χ3v) is 9.16. The zero-order valence-electron chi connectivity index (χ0n) is 26.8. The molecule has 3 aliphatic rings. The molecule has 0 bridgehead atoms. The van der Waals surface area contributed by atoms with Crippen molar-refractivity contribution in [2.24, 2.45) is 10.8 Å². The van der Waals surface area contributed by atoms with E-state index >= 15 is 0 Å². The van der Waals surface area contributed by atoms with Crippen molar-refractivity contribution in [3.8, 4) is 11.5 Å². The number of ether oxygens (including phenoxy) is 3. The van der Waals surface area contributed by atoms with Crippen LogP contribution in [0.1, 0.15) is 76.0 Å². The fourth-order valence-electron chi connectivity index (χ4n) is 7.04. The molecule has 1 aliphatic heterocycles. The van der Waals surface area contributed by atoms with E-state index in [1.807, 2.05) is 36.4 Å². The first-order chi connectivity index (χ1) is 20.9. The number of Topliss-reactive ketones (excluding diaryl/α,β-unsaturated/α-hetero) is 2. The second kappa shape index (κ2) is 12.6. The topological polar surface area (TPSA) is 65.1 Å². The van der Waals surface area contributed by atoms with Gasteiger partial charge in [0.15, 0.2) is 23.1 Å². The van der Waals surface area contributed by atoms with Gasteiger partial charge >= 0.3 is 0 Å². The molecule has 44 heavy (non-hydrogen) atoms. The highest BCUT2D eigenvalue weighted by molar-refractivity contribution is 6.30. The quantitative estimate of drug-likeness (QED) is 0.252. The van der Waals surface area contributed by atoms with Gasteiger partial charge < -0.3 is 19.1 Å². The molecule has 7 heteroatoms. The number of methoxy groups -OCH3 is 2. The minimum absolute atomic E-state index is 0.0974. The molecule has 0 N–H and O–H groups in total. The van der Waals surface area contributed by atoms with Crippen LogP contribution in [0.2, 0.25) is 5.02 Å². The first-order valence-electron chi connectivity index (χ1n) is 15.4. The molecule has 0 unspecified atom stereocenters. The minimum Gasteiger partial charge on any atom is -0.493 e. The highest BCUT2D eigenvalue weighted by atomic mass is 35.5. The lowest BCUT2D eigenvalue weighted by atomic mass is 9.63. The van der Waals surface area contributed by atoms with Crippen LogP contribution < -0.4 is 9.47 Å². The monoisotopic (exact) mass is 617 g/mol. The van der Waals surface area contributed by atoms with E-state index in [1.54, 1.807) is 14.2 Å². The number of ketones is 2. The lowest BCUT2D eigenvalue weighted by Gasteiger charge is -2.49. The van der Waals surface area contributed by atoms with Crippen LogP contribution in [0, 0.1) is 10.8 Å². The summed E-state index contributed by atoms with van der Waals surface area (Å²) in [5.74, 6) is 0.903. The standard InChI is InChI=1S/C37H44ClNO5/c1-8-9-24-16-25(17-31(43-7)35(24)44-22-23-10-12-26(38)13-11-23)32-33-27(18-36(2,3)20-29(33)40)39(14-15-42-6)28-19-37(4,5)21-30(41)34(28)32/h8,10-13,16-17,32H,1,9,14-15,18-22H2,2-7H3. The molecule has 2 aromatic rings. The fraction of sp³-hybridized carbons (Fsp3) is 0.459. The van der Waals surface area contributed by atoms with Crippen molar-refractivity contribution in [1.29, 1.82) is 0 Å². The van der Waals surface area contributed by atoms with Gasteiger partial charge in [-0.05, 0) is 59.4 Å². The van der Waals surface area contributed by atoms with Crippen molar-refractivity contribution in [1.82, 2.24) is 4.90 Å². The summed E-state index contributed by atoms with van der Waals surface area (Å²) in [6.45, 7) is 14.0. The predicted octanol–water partition coefficient (Wildman–Crippen LogP) is 7.99. The molecular weight excluding hydrogens is 574 g/mol. The predicted molar refractivity (Wildman–Crippen MR) is 174 cm³/mol. The average molecular weight is 618 g/mol. The maximum absolute atomic E-state index is 14.1. The van der Waals surface area contributed by atoms with Crippen LogP contribution >= 0.6 is 11.6 Å². The van der Waals surface area contributed by atoms with Gasteiger partial charge in [0.2, 0.25) is 0 Å². The Hall–Kier alpha value is -3.35. The number of allylic oxidation sites excluding steroid dienone is 5. The Labute approximate surface area is 266 Å². The van der Waals surface area contributed by atoms with Crippen molar-refractivity contribution in [2.75, 3.05) is 27.4 Å². The maximum Gasteiger partial charge on any atom is 0.165 e. The molecule has 2 aliphatic carbocycles. The van der Waals surface area contributed by atoms with E-state index in [0.717, 1.165) is 52.1 Å². The van der Waals surface area contributed by atoms with E-state index in [0.29, 0.717) is 55.5 Å². The Balaban J connectivity index is 1.69. The Bertz CT molecular complexity index is 1480. The molecule has 0 radical (unpaired) electrons. The molecule has 0 fully saturated rings. The molecule has 0 atom stereocenters. The second-order valence-electron chi connectivity index (χ2n) is 13.8. The van der Waals surface area contributed by atoms with Crippen LogP contribution in [-0.4, -0.2) is 43.8 Å². The van der Waals surface area contributed by atoms with Gasteiger partial charge in [-0.25, -0.2) is 0 Å². The summed E-state index contributed by atoms with van der Waals surface area (Å²) in [7, 11) is 3.31. The number of halogens is 1. The summed E-state index contributed by atoms with van der Waals surface area (Å²) < 4.78 is 17.8. The third-order valence-electron chi connectivity index (χ3n) is 8.91. The molecule has 6 nitrogen and oxygen atoms in total. The Kier molecular flexibility index (Phi) is 9.16. The Morgan fingerprint density at radius 3 is 2.05 bits per heavy atom. The second-order valence-corrected chi connectivity index (χ2v) is 14.2. The molecule has 234 valence electrons. The van der Waals surface area contributed by atoms with Crippen molar-refractivity contribution in [2.45, 2.75) is 72.3 Å². The third kappa shape index (κ3) is 6.38. The molecule has 0 aromatic heterocycles. The number of rotatable bonds is 10. The SMILES string of the molecule is C=CCc1cc(C2C3=C(CC(C)(C)CC3=O)N(CCOC)C3=C2C(=O)CC(C)(C)C3)cc(OC)c1OCc1ccc(Cl)cc1. The first-order valence-corrected chi connectivity index (χ1v) is 15.7. The van der Waals surface area contributed by atoms with E-state index in [-0.39, 0.29) is 22.4 Å². The summed E-state index contributed by atoms with van der Waals surface area (Å²) in [5, 5.41) is 0.667. The molecule has 2 aromatic carbocycles. The zero-order valence-corrected chi connectivity index (χ0v) is 27.6. The van der Waals surface area contributed by atoms with E-state index in [1.165, 1.54) is 0 Å². The van der Waals surface area contributed by atoms with Crippen LogP contribution in [-0.2, 0) is 27.4 Å². The smallest absolute Gasteiger partial charge is 0.165 e. The number of carbonyl (C=O) groups excluding carboxylic acids is 2. The van der Waals surface area contributed by atoms with Crippen molar-refractivity contribution in [3.63, 3.8) is 0 Å². The summed E-state index contributed by atoms with van der Waals surface area (Å²) >= 11 is 6.08. The lowest BCUT2D eigenvalue weighted by Crippen LogP contribution is -2.45. The number of hydrogen-bond donors (Lipinski definition) is 0. The van der Waals surface area contributed by atoms with Gasteiger partial charge in [0.05, 0.1) is 13.7 Å². The summed E-state index contributed by atoms with van der Waals surface area (Å²) in [6, 6.07) is 11.6. The van der Waals surface area contributed by atoms with Gasteiger partial charge in [0, 0.05) is 65.5 Å². The minimum atomic E-state index is -0.478. The summed E-state index contributed by atoms with van der Waals surface area (Å²) in [5.41, 5.74) is 5.85. The van der Waals surface area contributed by atoms with Crippen LogP contribution in [0.4, 0.5) is 0 Å². The molecule has 0 saturated heterocycles. The van der Waals surface area contributed by atoms with Crippen molar-refractivity contribution < 1.29 is 23.8 Å². The van der Waals surface area contributed by atoms with E-state index in [9.17, 15) is 9.59 Å². The van der Waals surface area contributed by atoms with Gasteiger partial charge in [-0.1, -0.05) is 63.6 Å². The van der Waals surface area contributed by atoms with Gasteiger partial charge in [-0.3, -0.25) is 9.59 Å². The molecule has 5 rings (SSSR count). The average Bonchev–Trinajstić information content (AvgIpc) is 2.94. The summed E-state index contributed by atoms with van der Waals surface area (Å²) in [6.07, 6.45) is 4.73. The number of hydrogen-bond acceptors (Lipinski definition) is 6. The molecular formula is C37H44ClNO5. The Morgan fingerprint density at radius 2 is 1.52 bits per heavy atom. The van der Waals surface area contributed by atoms with Gasteiger partial charge in [-0.15, -0.1) is 6.58 Å². The number of benzene rings is 2. The number of carbonyl (C=O) groups is 2. The fourth-order valence-corrected chi connectivity index (χ4v) is 7.17. The highest BCUT2D eigenvalue weighted by Gasteiger charge is 2.49. The number of nitrogens with zero attached hydrogens (tertiary/aromatic N) is 1. The van der Waals surface area contributed by atoms with Gasteiger partial charge in [-0.2, -0.15) is 0 Å². The van der Waals surface area contributed by atoms with E-state index in [4.69, 9.17) is 25.8 Å². The largest absolute Gasteiger partial charge is 0.493 e. The molecule has 1 heterocycles. The van der Waals surface area contributed by atoms with Crippen LogP contribution in [0.3, 0.4) is 0 Å². The van der Waals surface area contributed by atoms with Crippen LogP contribution in [0.25, 0.3) is 0 Å². The zero-order chi connectivity index (χ0) is 31.8. The van der Waals surface area contributed by atoms with Crippen molar-refractivity contribution >= 4 is 23.2 Å². The first kappa shape index (κ1) is 32.1. The Morgan fingerprint density at radius 1 is 0.932 bits per heavy atom. The van der Waals surface area contributed by atoms with Crippen molar-refractivity contribution in [3.05, 3.63) is 93.3 Å². The van der Waals surface area contributed by atoms with Crippen LogP contribution in [0.5, 0.6) is 11.5 Å². The molecule has 0 amide bonds. The van der Waals surface area contributed by atoms with Gasteiger partial charge in [0.1, 0.15) is 6.61 Å². The normalized spacial score (nSPS) is 19.6. The molecule has 0 spiro atoms. The maximum atomic E-state index is 14.1. The molecule has 0 saturated carbocycles. The summed E-state index contributed by atoms with van der Waals surface area (Å²) in [4.78, 5) is 30.5. The highest BCUT2D eigenvalue weighted by Crippen LogP contribution is 2.55. The van der Waals surface area contributed by atoms with E-state index in [2.05, 4.69) is 45.2 Å². The van der Waals surface area contributed by atoms with E-state index < -0.39 is 5.92 Å².